The quantitative estimate of drug-likeness (QED) is 0.583. The van der Waals surface area contributed by atoms with Crippen molar-refractivity contribution in [2.24, 2.45) is 0 Å². The molecule has 0 saturated carbocycles. The van der Waals surface area contributed by atoms with Gasteiger partial charge in [-0.3, -0.25) is 4.79 Å². The molecule has 3 rings (SSSR count). The SMILES string of the molecule is CCC(C)N(CCc1nc(-c2ccccc2)no1)C(=O)c1ccccc1Cl. The van der Waals surface area contributed by atoms with Gasteiger partial charge in [-0.1, -0.05) is 66.1 Å². The van der Waals surface area contributed by atoms with Crippen molar-refractivity contribution >= 4 is 17.5 Å². The molecule has 5 nitrogen and oxygen atoms in total. The molecular formula is C21H22ClN3O2. The van der Waals surface area contributed by atoms with Crippen LogP contribution in [0.4, 0.5) is 0 Å². The van der Waals surface area contributed by atoms with Gasteiger partial charge in [0.15, 0.2) is 0 Å². The lowest BCUT2D eigenvalue weighted by molar-refractivity contribution is 0.0686. The van der Waals surface area contributed by atoms with Gasteiger partial charge in [-0.15, -0.1) is 0 Å². The predicted octanol–water partition coefficient (Wildman–Crippen LogP) is 4.87. The molecule has 27 heavy (non-hydrogen) atoms. The first-order valence-electron chi connectivity index (χ1n) is 9.03. The third-order valence-electron chi connectivity index (χ3n) is 4.55. The molecule has 0 aliphatic rings. The summed E-state index contributed by atoms with van der Waals surface area (Å²) in [5, 5.41) is 4.49. The second kappa shape index (κ2) is 8.82. The van der Waals surface area contributed by atoms with E-state index in [-0.39, 0.29) is 11.9 Å². The number of benzene rings is 2. The van der Waals surface area contributed by atoms with E-state index in [0.717, 1.165) is 12.0 Å². The highest BCUT2D eigenvalue weighted by atomic mass is 35.5. The number of halogens is 1. The summed E-state index contributed by atoms with van der Waals surface area (Å²) in [5.41, 5.74) is 1.41. The van der Waals surface area contributed by atoms with Crippen molar-refractivity contribution in [2.45, 2.75) is 32.7 Å². The maximum Gasteiger partial charge on any atom is 0.255 e. The molecule has 0 aliphatic heterocycles. The molecule has 0 spiro atoms. The smallest absolute Gasteiger partial charge is 0.255 e. The van der Waals surface area contributed by atoms with Gasteiger partial charge in [0.05, 0.1) is 10.6 Å². The first kappa shape index (κ1) is 19.1. The van der Waals surface area contributed by atoms with Gasteiger partial charge in [-0.2, -0.15) is 4.98 Å². The normalized spacial score (nSPS) is 12.0. The maximum absolute atomic E-state index is 13.0. The third-order valence-corrected chi connectivity index (χ3v) is 4.88. The number of hydrogen-bond acceptors (Lipinski definition) is 4. The summed E-state index contributed by atoms with van der Waals surface area (Å²) in [4.78, 5) is 19.2. The highest BCUT2D eigenvalue weighted by Crippen LogP contribution is 2.20. The molecular weight excluding hydrogens is 362 g/mol. The Hall–Kier alpha value is -2.66. The molecule has 1 heterocycles. The summed E-state index contributed by atoms with van der Waals surface area (Å²) in [6, 6.07) is 16.8. The second-order valence-electron chi connectivity index (χ2n) is 6.36. The Morgan fingerprint density at radius 1 is 1.15 bits per heavy atom. The molecule has 0 N–H and O–H groups in total. The zero-order chi connectivity index (χ0) is 19.2. The lowest BCUT2D eigenvalue weighted by Gasteiger charge is -2.28. The van der Waals surface area contributed by atoms with Crippen molar-refractivity contribution in [2.75, 3.05) is 6.54 Å². The van der Waals surface area contributed by atoms with Crippen molar-refractivity contribution < 1.29 is 9.32 Å². The monoisotopic (exact) mass is 383 g/mol. The Labute approximate surface area is 164 Å². The summed E-state index contributed by atoms with van der Waals surface area (Å²) in [6.45, 7) is 4.56. The van der Waals surface area contributed by atoms with Gasteiger partial charge in [0.1, 0.15) is 0 Å². The Morgan fingerprint density at radius 2 is 1.85 bits per heavy atom. The van der Waals surface area contributed by atoms with E-state index < -0.39 is 0 Å². The van der Waals surface area contributed by atoms with Gasteiger partial charge in [0.2, 0.25) is 11.7 Å². The van der Waals surface area contributed by atoms with E-state index in [2.05, 4.69) is 17.1 Å². The number of nitrogens with zero attached hydrogens (tertiary/aromatic N) is 3. The molecule has 2 aromatic carbocycles. The molecule has 1 unspecified atom stereocenters. The number of amides is 1. The van der Waals surface area contributed by atoms with Gasteiger partial charge >= 0.3 is 0 Å². The number of aromatic nitrogens is 2. The summed E-state index contributed by atoms with van der Waals surface area (Å²) < 4.78 is 5.37. The Balaban J connectivity index is 1.73. The topological polar surface area (TPSA) is 59.2 Å². The fourth-order valence-electron chi connectivity index (χ4n) is 2.81. The van der Waals surface area contributed by atoms with Crippen LogP contribution in [0, 0.1) is 0 Å². The van der Waals surface area contributed by atoms with E-state index in [1.54, 1.807) is 12.1 Å². The molecule has 1 amide bonds. The van der Waals surface area contributed by atoms with Crippen LogP contribution in [0.3, 0.4) is 0 Å². The van der Waals surface area contributed by atoms with E-state index in [1.807, 2.05) is 54.3 Å². The van der Waals surface area contributed by atoms with E-state index in [9.17, 15) is 4.79 Å². The molecule has 3 aromatic rings. The molecule has 1 aromatic heterocycles. The first-order chi connectivity index (χ1) is 13.1. The standard InChI is InChI=1S/C21H22ClN3O2/c1-3-15(2)25(21(26)17-11-7-8-12-18(17)22)14-13-19-23-20(24-27-19)16-9-5-4-6-10-16/h4-12,15H,3,13-14H2,1-2H3. The summed E-state index contributed by atoms with van der Waals surface area (Å²) >= 11 is 6.21. The molecule has 0 bridgehead atoms. The van der Waals surface area contributed by atoms with Crippen LogP contribution in [0.5, 0.6) is 0 Å². The van der Waals surface area contributed by atoms with E-state index >= 15 is 0 Å². The highest BCUT2D eigenvalue weighted by molar-refractivity contribution is 6.33. The van der Waals surface area contributed by atoms with E-state index in [1.165, 1.54) is 0 Å². The fourth-order valence-corrected chi connectivity index (χ4v) is 3.03. The van der Waals surface area contributed by atoms with Crippen molar-refractivity contribution in [3.8, 4) is 11.4 Å². The molecule has 0 radical (unpaired) electrons. The predicted molar refractivity (Wildman–Crippen MR) is 106 cm³/mol. The van der Waals surface area contributed by atoms with Gasteiger partial charge in [-0.25, -0.2) is 0 Å². The number of hydrogen-bond donors (Lipinski definition) is 0. The molecule has 0 fully saturated rings. The minimum Gasteiger partial charge on any atom is -0.339 e. The minimum absolute atomic E-state index is 0.0743. The average molecular weight is 384 g/mol. The Bertz CT molecular complexity index is 895. The second-order valence-corrected chi connectivity index (χ2v) is 6.77. The van der Waals surface area contributed by atoms with Crippen molar-refractivity contribution in [3.05, 3.63) is 71.1 Å². The van der Waals surface area contributed by atoms with Crippen molar-refractivity contribution in [1.29, 1.82) is 0 Å². The van der Waals surface area contributed by atoms with Crippen LogP contribution in [-0.2, 0) is 6.42 Å². The van der Waals surface area contributed by atoms with E-state index in [4.69, 9.17) is 16.1 Å². The molecule has 140 valence electrons. The van der Waals surface area contributed by atoms with Crippen LogP contribution >= 0.6 is 11.6 Å². The summed E-state index contributed by atoms with van der Waals surface area (Å²) in [6.07, 6.45) is 1.33. The number of rotatable bonds is 7. The number of carbonyl (C=O) groups is 1. The largest absolute Gasteiger partial charge is 0.339 e. The van der Waals surface area contributed by atoms with Crippen molar-refractivity contribution in [3.63, 3.8) is 0 Å². The number of carbonyl (C=O) groups excluding carboxylic acids is 1. The average Bonchev–Trinajstić information content (AvgIpc) is 3.17. The minimum atomic E-state index is -0.0854. The molecule has 1 atom stereocenters. The molecule has 0 saturated heterocycles. The maximum atomic E-state index is 13.0. The van der Waals surface area contributed by atoms with E-state index in [0.29, 0.717) is 35.3 Å². The zero-order valence-electron chi connectivity index (χ0n) is 15.4. The lowest BCUT2D eigenvalue weighted by atomic mass is 10.1. The lowest BCUT2D eigenvalue weighted by Crippen LogP contribution is -2.40. The van der Waals surface area contributed by atoms with Gasteiger partial charge in [0.25, 0.3) is 5.91 Å². The molecule has 0 aliphatic carbocycles. The van der Waals surface area contributed by atoms with Crippen LogP contribution in [0.2, 0.25) is 5.02 Å². The van der Waals surface area contributed by atoms with Gasteiger partial charge in [0, 0.05) is 24.6 Å². The zero-order valence-corrected chi connectivity index (χ0v) is 16.2. The Morgan fingerprint density at radius 3 is 2.56 bits per heavy atom. The fraction of sp³-hybridized carbons (Fsp3) is 0.286. The van der Waals surface area contributed by atoms with Crippen LogP contribution < -0.4 is 0 Å². The first-order valence-corrected chi connectivity index (χ1v) is 9.41. The summed E-state index contributed by atoms with van der Waals surface area (Å²) in [7, 11) is 0. The van der Waals surface area contributed by atoms with Gasteiger partial charge in [-0.05, 0) is 25.5 Å². The van der Waals surface area contributed by atoms with Crippen LogP contribution in [0.15, 0.2) is 59.1 Å². The molecule has 6 heteroatoms. The van der Waals surface area contributed by atoms with Crippen molar-refractivity contribution in [1.82, 2.24) is 15.0 Å². The van der Waals surface area contributed by atoms with Crippen LogP contribution in [0.25, 0.3) is 11.4 Å². The van der Waals surface area contributed by atoms with Crippen LogP contribution in [-0.4, -0.2) is 33.5 Å². The van der Waals surface area contributed by atoms with Gasteiger partial charge < -0.3 is 9.42 Å². The highest BCUT2D eigenvalue weighted by Gasteiger charge is 2.23. The Kier molecular flexibility index (Phi) is 6.24. The third kappa shape index (κ3) is 4.55. The van der Waals surface area contributed by atoms with Crippen LogP contribution in [0.1, 0.15) is 36.5 Å². The summed E-state index contributed by atoms with van der Waals surface area (Å²) in [5.74, 6) is 0.977.